The molecule has 4 nitrogen and oxygen atoms in total. The average molecular weight is 642 g/mol. The minimum atomic E-state index is -10.7. The monoisotopic (exact) mass is 642 g/mol. The van der Waals surface area contributed by atoms with Crippen molar-refractivity contribution in [1.82, 2.24) is 9.13 Å². The third kappa shape index (κ3) is 23.5. The van der Waals surface area contributed by atoms with Gasteiger partial charge in [0.25, 0.3) is 0 Å². The Labute approximate surface area is 223 Å². The van der Waals surface area contributed by atoms with E-state index in [1.54, 1.807) is 0 Å². The summed E-state index contributed by atoms with van der Waals surface area (Å²) in [5, 5.41) is 0. The summed E-state index contributed by atoms with van der Waals surface area (Å²) in [5.41, 5.74) is 2.78. The van der Waals surface area contributed by atoms with E-state index in [2.05, 4.69) is 93.8 Å². The van der Waals surface area contributed by atoms with Gasteiger partial charge in [0, 0.05) is 11.1 Å². The van der Waals surface area contributed by atoms with Crippen molar-refractivity contribution in [1.29, 1.82) is 0 Å². The molecule has 2 aromatic heterocycles. The fraction of sp³-hybridized carbons (Fsp3) is 0.455. The normalized spacial score (nSPS) is 15.3. The average Bonchev–Trinajstić information content (AvgIpc) is 3.37. The number of halogens is 12. The predicted molar refractivity (Wildman–Crippen MR) is 131 cm³/mol. The zero-order chi connectivity index (χ0) is 31.0. The number of imidazole rings is 2. The summed E-state index contributed by atoms with van der Waals surface area (Å²) in [6, 6.07) is 8.79. The van der Waals surface area contributed by atoms with Crippen molar-refractivity contribution in [3.8, 4) is 0 Å². The Kier molecular flexibility index (Phi) is 10.3. The first-order valence-corrected chi connectivity index (χ1v) is 16.0. The van der Waals surface area contributed by atoms with Crippen molar-refractivity contribution in [2.45, 2.75) is 65.7 Å². The molecule has 0 aliphatic rings. The van der Waals surface area contributed by atoms with Gasteiger partial charge >= 0.3 is 66.0 Å². The molecule has 234 valence electrons. The molecule has 0 radical (unpaired) electrons. The summed E-state index contributed by atoms with van der Waals surface area (Å²) in [4.78, 5) is 0. The van der Waals surface area contributed by atoms with Crippen molar-refractivity contribution in [3.63, 3.8) is 0 Å². The molecule has 0 saturated heterocycles. The number of nitrogens with zero attached hydrogens (tertiary/aromatic N) is 4. The molecule has 2 heterocycles. The van der Waals surface area contributed by atoms with Crippen LogP contribution in [0, 0.1) is 0 Å². The summed E-state index contributed by atoms with van der Waals surface area (Å²) in [7, 11) is -21.3. The van der Waals surface area contributed by atoms with Gasteiger partial charge in [0.15, 0.2) is 0 Å². The topological polar surface area (TPSA) is 17.6 Å². The molecule has 3 rings (SSSR count). The van der Waals surface area contributed by atoms with Crippen LogP contribution >= 0.6 is 15.6 Å². The number of aromatic nitrogens is 4. The molecule has 1 aromatic carbocycles. The van der Waals surface area contributed by atoms with E-state index in [9.17, 15) is 50.4 Å². The van der Waals surface area contributed by atoms with Gasteiger partial charge in [-0.25, -0.2) is 18.3 Å². The van der Waals surface area contributed by atoms with E-state index in [0.29, 0.717) is 0 Å². The molecular formula is C22H32F12N4P2. The summed E-state index contributed by atoms with van der Waals surface area (Å²) in [6.45, 7) is 8.53. The molecule has 0 aliphatic carbocycles. The van der Waals surface area contributed by atoms with Gasteiger partial charge < -0.3 is 0 Å². The van der Waals surface area contributed by atoms with Gasteiger partial charge in [-0.3, -0.25) is 0 Å². The SMILES string of the molecule is CCCCn1cc[n+](Cc2ccccc2C[n+]2ccn(CCCC)c2)c1.F[P-](F)(F)(F)(F)F.F[P-](F)(F)(F)(F)F. The van der Waals surface area contributed by atoms with Crippen LogP contribution in [0.3, 0.4) is 0 Å². The van der Waals surface area contributed by atoms with Crippen molar-refractivity contribution in [2.24, 2.45) is 0 Å². The first kappa shape index (κ1) is 35.7. The second-order valence-electron chi connectivity index (χ2n) is 9.04. The Hall–Kier alpha value is -2.34. The molecule has 0 aliphatic heterocycles. The molecule has 0 spiro atoms. The van der Waals surface area contributed by atoms with Gasteiger partial charge in [0.05, 0.1) is 13.1 Å². The zero-order valence-corrected chi connectivity index (χ0v) is 23.4. The first-order chi connectivity index (χ1) is 17.7. The van der Waals surface area contributed by atoms with Gasteiger partial charge in [-0.15, -0.1) is 0 Å². The predicted octanol–water partition coefficient (Wildman–Crippen LogP) is 10.3. The van der Waals surface area contributed by atoms with Crippen LogP contribution in [0.5, 0.6) is 0 Å². The van der Waals surface area contributed by atoms with E-state index in [1.165, 1.54) is 36.8 Å². The van der Waals surface area contributed by atoms with Crippen LogP contribution in [0.4, 0.5) is 50.4 Å². The molecule has 0 atom stereocenters. The van der Waals surface area contributed by atoms with E-state index >= 15 is 0 Å². The molecule has 0 N–H and O–H groups in total. The van der Waals surface area contributed by atoms with Gasteiger partial charge in [0.2, 0.25) is 12.7 Å². The molecule has 18 heteroatoms. The molecule has 0 saturated carbocycles. The molecule has 3 aromatic rings. The van der Waals surface area contributed by atoms with Crippen LogP contribution in [0.2, 0.25) is 0 Å². The van der Waals surface area contributed by atoms with Crippen LogP contribution in [0.25, 0.3) is 0 Å². The molecular weight excluding hydrogens is 610 g/mol. The molecule has 0 amide bonds. The van der Waals surface area contributed by atoms with Crippen molar-refractivity contribution in [3.05, 3.63) is 72.8 Å². The van der Waals surface area contributed by atoms with E-state index in [-0.39, 0.29) is 0 Å². The number of benzene rings is 1. The fourth-order valence-corrected chi connectivity index (χ4v) is 3.27. The number of unbranched alkanes of at least 4 members (excludes halogenated alkanes) is 2. The number of aryl methyl sites for hydroxylation is 2. The Morgan fingerprint density at radius 1 is 0.575 bits per heavy atom. The zero-order valence-electron chi connectivity index (χ0n) is 21.6. The molecule has 0 bridgehead atoms. The second-order valence-corrected chi connectivity index (χ2v) is 12.9. The maximum atomic E-state index is 9.87. The Morgan fingerprint density at radius 3 is 1.15 bits per heavy atom. The molecule has 0 unspecified atom stereocenters. The van der Waals surface area contributed by atoms with Crippen LogP contribution in [-0.4, -0.2) is 9.13 Å². The standard InChI is InChI=1S/C22H32N4.2F6P/c1-3-5-11-23-13-15-25(19-23)17-21-9-7-8-10-22(21)18-26-16-14-24(20-26)12-6-4-2;2*1-7(2,3,4,5)6/h7-10,13-16,19-20H,3-6,11-12,17-18H2,1-2H3;;/q+2;2*-1. The van der Waals surface area contributed by atoms with E-state index in [1.807, 2.05) is 0 Å². The van der Waals surface area contributed by atoms with Crippen molar-refractivity contribution >= 4 is 15.6 Å². The van der Waals surface area contributed by atoms with Crippen molar-refractivity contribution < 1.29 is 59.5 Å². The Bertz CT molecular complexity index is 1100. The third-order valence-electron chi connectivity index (χ3n) is 4.86. The second kappa shape index (κ2) is 11.5. The third-order valence-corrected chi connectivity index (χ3v) is 4.86. The first-order valence-electron chi connectivity index (χ1n) is 12.0. The number of hydrogen-bond acceptors (Lipinski definition) is 0. The summed E-state index contributed by atoms with van der Waals surface area (Å²) in [6.07, 6.45) is 18.1. The number of rotatable bonds is 10. The molecule has 40 heavy (non-hydrogen) atoms. The molecule has 0 fully saturated rings. The number of hydrogen-bond donors (Lipinski definition) is 0. The van der Waals surface area contributed by atoms with E-state index < -0.39 is 15.6 Å². The van der Waals surface area contributed by atoms with Crippen LogP contribution < -0.4 is 9.13 Å². The fourth-order valence-electron chi connectivity index (χ4n) is 3.27. The summed E-state index contributed by atoms with van der Waals surface area (Å²) >= 11 is 0. The van der Waals surface area contributed by atoms with Gasteiger partial charge in [-0.2, -0.15) is 0 Å². The minimum absolute atomic E-state index is 0.923. The van der Waals surface area contributed by atoms with E-state index in [4.69, 9.17) is 0 Å². The summed E-state index contributed by atoms with van der Waals surface area (Å²) < 4.78 is 128. The Morgan fingerprint density at radius 2 is 0.875 bits per heavy atom. The van der Waals surface area contributed by atoms with Crippen LogP contribution in [0.1, 0.15) is 50.7 Å². The summed E-state index contributed by atoms with van der Waals surface area (Å²) in [5.74, 6) is 0. The maximum absolute atomic E-state index is 10.7. The van der Waals surface area contributed by atoms with Crippen LogP contribution in [0.15, 0.2) is 61.7 Å². The van der Waals surface area contributed by atoms with Crippen molar-refractivity contribution in [2.75, 3.05) is 0 Å². The van der Waals surface area contributed by atoms with E-state index in [0.717, 1.165) is 26.2 Å². The quantitative estimate of drug-likeness (QED) is 0.119. The van der Waals surface area contributed by atoms with Crippen LogP contribution in [-0.2, 0) is 26.2 Å². The van der Waals surface area contributed by atoms with Gasteiger partial charge in [-0.05, 0) is 12.8 Å². The van der Waals surface area contributed by atoms with Gasteiger partial charge in [-0.1, -0.05) is 51.0 Å². The van der Waals surface area contributed by atoms with Gasteiger partial charge in [0.1, 0.15) is 37.9 Å². The Balaban J connectivity index is 0.000000473.